The highest BCUT2D eigenvalue weighted by molar-refractivity contribution is 7.98. The van der Waals surface area contributed by atoms with E-state index < -0.39 is 5.54 Å². The van der Waals surface area contributed by atoms with Crippen molar-refractivity contribution in [2.75, 3.05) is 19.8 Å². The van der Waals surface area contributed by atoms with E-state index in [0.29, 0.717) is 12.5 Å². The van der Waals surface area contributed by atoms with Crippen LogP contribution in [0.25, 0.3) is 0 Å². The van der Waals surface area contributed by atoms with E-state index in [1.54, 1.807) is 11.8 Å². The Labute approximate surface area is 136 Å². The van der Waals surface area contributed by atoms with Gasteiger partial charge in [-0.2, -0.15) is 5.26 Å². The van der Waals surface area contributed by atoms with Crippen LogP contribution in [0.4, 0.5) is 0 Å². The number of hydrogen-bond donors (Lipinski definition) is 1. The summed E-state index contributed by atoms with van der Waals surface area (Å²) < 4.78 is 0. The number of amides is 1. The van der Waals surface area contributed by atoms with Crippen LogP contribution in [0.2, 0.25) is 0 Å². The first kappa shape index (κ1) is 16.9. The first-order valence-corrected chi connectivity index (χ1v) is 8.73. The number of nitrogens with one attached hydrogen (secondary N) is 1. The van der Waals surface area contributed by atoms with Gasteiger partial charge in [0.05, 0.1) is 12.6 Å². The molecule has 0 aromatic heterocycles. The monoisotopic (exact) mass is 317 g/mol. The molecule has 1 atom stereocenters. The van der Waals surface area contributed by atoms with Crippen molar-refractivity contribution in [3.63, 3.8) is 0 Å². The third kappa shape index (κ3) is 4.49. The largest absolute Gasteiger partial charge is 0.337 e. The molecule has 0 saturated heterocycles. The first-order chi connectivity index (χ1) is 10.5. The lowest BCUT2D eigenvalue weighted by Crippen LogP contribution is -2.49. The molecule has 0 aliphatic heterocycles. The topological polar surface area (TPSA) is 56.1 Å². The Hall–Kier alpha value is -1.51. The number of hydrogen-bond acceptors (Lipinski definition) is 4. The quantitative estimate of drug-likeness (QED) is 0.786. The van der Waals surface area contributed by atoms with Gasteiger partial charge in [-0.15, -0.1) is 11.8 Å². The Kier molecular flexibility index (Phi) is 5.49. The Morgan fingerprint density at radius 1 is 1.45 bits per heavy atom. The van der Waals surface area contributed by atoms with E-state index in [1.807, 2.05) is 18.9 Å². The van der Waals surface area contributed by atoms with Gasteiger partial charge >= 0.3 is 0 Å². The third-order valence-corrected chi connectivity index (χ3v) is 4.79. The van der Waals surface area contributed by atoms with Crippen LogP contribution in [0, 0.1) is 17.2 Å². The second-order valence-electron chi connectivity index (χ2n) is 6.16. The molecule has 1 saturated carbocycles. The molecular formula is C17H23N3OS. The molecule has 1 aromatic carbocycles. The summed E-state index contributed by atoms with van der Waals surface area (Å²) in [5.74, 6) is 0.227. The van der Waals surface area contributed by atoms with Crippen LogP contribution in [0.1, 0.15) is 25.3 Å². The Bertz CT molecular complexity index is 562. The van der Waals surface area contributed by atoms with Gasteiger partial charge in [0, 0.05) is 11.4 Å². The lowest BCUT2D eigenvalue weighted by molar-refractivity contribution is -0.123. The molecule has 0 heterocycles. The molecule has 1 amide bonds. The molecule has 4 nitrogen and oxygen atoms in total. The number of carbonyl (C=O) groups excluding carboxylic acids is 1. The van der Waals surface area contributed by atoms with Crippen molar-refractivity contribution >= 4 is 17.7 Å². The average molecular weight is 317 g/mol. The average Bonchev–Trinajstić information content (AvgIpc) is 3.32. The molecule has 118 valence electrons. The van der Waals surface area contributed by atoms with Crippen LogP contribution in [0.15, 0.2) is 29.2 Å². The van der Waals surface area contributed by atoms with Crippen molar-refractivity contribution in [1.29, 1.82) is 5.26 Å². The minimum atomic E-state index is -0.710. The summed E-state index contributed by atoms with van der Waals surface area (Å²) in [7, 11) is 1.92. The lowest BCUT2D eigenvalue weighted by Gasteiger charge is -2.25. The molecule has 5 heteroatoms. The van der Waals surface area contributed by atoms with Crippen LogP contribution >= 0.6 is 11.8 Å². The Morgan fingerprint density at radius 3 is 2.59 bits per heavy atom. The first-order valence-electron chi connectivity index (χ1n) is 7.50. The molecule has 1 N–H and O–H groups in total. The molecule has 0 bridgehead atoms. The van der Waals surface area contributed by atoms with E-state index in [1.165, 1.54) is 10.5 Å². The zero-order valence-electron chi connectivity index (χ0n) is 13.4. The van der Waals surface area contributed by atoms with E-state index in [2.05, 4.69) is 41.9 Å². The predicted molar refractivity (Wildman–Crippen MR) is 89.4 cm³/mol. The Balaban J connectivity index is 1.84. The van der Waals surface area contributed by atoms with Crippen LogP contribution in [-0.4, -0.2) is 36.2 Å². The normalized spacial score (nSPS) is 16.9. The fourth-order valence-electron chi connectivity index (χ4n) is 2.55. The van der Waals surface area contributed by atoms with Gasteiger partial charge in [-0.1, -0.05) is 12.1 Å². The maximum absolute atomic E-state index is 12.1. The minimum Gasteiger partial charge on any atom is -0.337 e. The molecule has 0 unspecified atom stereocenters. The fourth-order valence-corrected chi connectivity index (χ4v) is 2.96. The van der Waals surface area contributed by atoms with Gasteiger partial charge in [0.25, 0.3) is 0 Å². The van der Waals surface area contributed by atoms with Crippen molar-refractivity contribution in [2.24, 2.45) is 5.92 Å². The van der Waals surface area contributed by atoms with Crippen molar-refractivity contribution in [3.8, 4) is 6.07 Å². The molecule has 22 heavy (non-hydrogen) atoms. The SMILES string of the molecule is CSc1ccc(CN(C)CC(=O)N[C@@](C)(C#N)C2CC2)cc1. The molecule has 2 rings (SSSR count). The summed E-state index contributed by atoms with van der Waals surface area (Å²) >= 11 is 1.72. The van der Waals surface area contributed by atoms with Crippen molar-refractivity contribution in [1.82, 2.24) is 10.2 Å². The van der Waals surface area contributed by atoms with Crippen LogP contribution in [0.5, 0.6) is 0 Å². The van der Waals surface area contributed by atoms with Crippen LogP contribution in [0.3, 0.4) is 0 Å². The maximum atomic E-state index is 12.1. The highest BCUT2D eigenvalue weighted by Gasteiger charge is 2.42. The van der Waals surface area contributed by atoms with Gasteiger partial charge in [0.15, 0.2) is 0 Å². The van der Waals surface area contributed by atoms with E-state index in [-0.39, 0.29) is 5.91 Å². The third-order valence-electron chi connectivity index (χ3n) is 4.05. The number of nitrogens with zero attached hydrogens (tertiary/aromatic N) is 2. The van der Waals surface area contributed by atoms with Gasteiger partial charge in [-0.05, 0) is 56.7 Å². The van der Waals surface area contributed by atoms with E-state index in [9.17, 15) is 10.1 Å². The van der Waals surface area contributed by atoms with Crippen LogP contribution < -0.4 is 5.32 Å². The van der Waals surface area contributed by atoms with Gasteiger partial charge in [0.1, 0.15) is 5.54 Å². The summed E-state index contributed by atoms with van der Waals surface area (Å²) in [4.78, 5) is 15.3. The van der Waals surface area contributed by atoms with Gasteiger partial charge in [0.2, 0.25) is 5.91 Å². The lowest BCUT2D eigenvalue weighted by atomic mass is 9.98. The maximum Gasteiger partial charge on any atom is 0.235 e. The van der Waals surface area contributed by atoms with Crippen LogP contribution in [-0.2, 0) is 11.3 Å². The standard InChI is InChI=1S/C17H23N3OS/c1-17(12-18,14-6-7-14)19-16(21)11-20(2)10-13-4-8-15(22-3)9-5-13/h4-5,8-9,14H,6-7,10-11H2,1-3H3,(H,19,21)/t17-/m0/s1. The van der Waals surface area contributed by atoms with E-state index >= 15 is 0 Å². The second kappa shape index (κ2) is 7.17. The second-order valence-corrected chi connectivity index (χ2v) is 7.04. The molecular weight excluding hydrogens is 294 g/mol. The zero-order valence-corrected chi connectivity index (χ0v) is 14.2. The summed E-state index contributed by atoms with van der Waals surface area (Å²) in [6.07, 6.45) is 4.11. The molecule has 1 aromatic rings. The van der Waals surface area contributed by atoms with Crippen molar-refractivity contribution in [3.05, 3.63) is 29.8 Å². The molecule has 1 fully saturated rings. The van der Waals surface area contributed by atoms with Gasteiger partial charge < -0.3 is 5.32 Å². The summed E-state index contributed by atoms with van der Waals surface area (Å²) in [5.41, 5.74) is 0.469. The predicted octanol–water partition coefficient (Wildman–Crippen LogP) is 2.65. The van der Waals surface area contributed by atoms with E-state index in [0.717, 1.165) is 19.4 Å². The number of nitriles is 1. The smallest absolute Gasteiger partial charge is 0.235 e. The van der Waals surface area contributed by atoms with Gasteiger partial charge in [-0.25, -0.2) is 0 Å². The van der Waals surface area contributed by atoms with Crippen molar-refractivity contribution in [2.45, 2.75) is 36.7 Å². The number of likely N-dealkylation sites (N-methyl/N-ethyl adjacent to an activating group) is 1. The number of carbonyl (C=O) groups is 1. The zero-order chi connectivity index (χ0) is 16.2. The number of rotatable bonds is 7. The molecule has 1 aliphatic carbocycles. The highest BCUT2D eigenvalue weighted by atomic mass is 32.2. The fraction of sp³-hybridized carbons (Fsp3) is 0.529. The Morgan fingerprint density at radius 2 is 2.09 bits per heavy atom. The van der Waals surface area contributed by atoms with Gasteiger partial charge in [-0.3, -0.25) is 9.69 Å². The van der Waals surface area contributed by atoms with E-state index in [4.69, 9.17) is 0 Å². The molecule has 0 radical (unpaired) electrons. The molecule has 1 aliphatic rings. The summed E-state index contributed by atoms with van der Waals surface area (Å²) in [5, 5.41) is 12.2. The summed E-state index contributed by atoms with van der Waals surface area (Å²) in [6.45, 7) is 2.84. The highest BCUT2D eigenvalue weighted by Crippen LogP contribution is 2.39. The molecule has 0 spiro atoms. The summed E-state index contributed by atoms with van der Waals surface area (Å²) in [6, 6.07) is 10.6. The number of thioether (sulfide) groups is 1. The minimum absolute atomic E-state index is 0.0841. The van der Waals surface area contributed by atoms with Crippen molar-refractivity contribution < 1.29 is 4.79 Å². The number of benzene rings is 1.